The van der Waals surface area contributed by atoms with Crippen LogP contribution in [0.2, 0.25) is 0 Å². The summed E-state index contributed by atoms with van der Waals surface area (Å²) >= 11 is 3.52. The van der Waals surface area contributed by atoms with Crippen LogP contribution in [0.25, 0.3) is 0 Å². The first-order valence-electron chi connectivity index (χ1n) is 9.45. The fourth-order valence-electron chi connectivity index (χ4n) is 4.29. The third kappa shape index (κ3) is 3.59. The van der Waals surface area contributed by atoms with Crippen LogP contribution in [0.3, 0.4) is 0 Å². The quantitative estimate of drug-likeness (QED) is 0.498. The van der Waals surface area contributed by atoms with Crippen molar-refractivity contribution in [2.75, 3.05) is 11.4 Å². The van der Waals surface area contributed by atoms with Gasteiger partial charge in [-0.1, -0.05) is 22.9 Å². The molecule has 0 saturated carbocycles. The molecule has 3 rings (SSSR count). The van der Waals surface area contributed by atoms with Crippen LogP contribution >= 0.6 is 15.9 Å². The van der Waals surface area contributed by atoms with E-state index in [2.05, 4.69) is 86.6 Å². The molecular formula is C23H29BrN2. The lowest BCUT2D eigenvalue weighted by atomic mass is 9.79. The predicted molar refractivity (Wildman–Crippen MR) is 117 cm³/mol. The third-order valence-corrected chi connectivity index (χ3v) is 6.08. The van der Waals surface area contributed by atoms with Crippen LogP contribution in [-0.2, 0) is 0 Å². The zero-order valence-corrected chi connectivity index (χ0v) is 18.3. The summed E-state index contributed by atoms with van der Waals surface area (Å²) in [7, 11) is 0. The highest BCUT2D eigenvalue weighted by molar-refractivity contribution is 9.10. The lowest BCUT2D eigenvalue weighted by Gasteiger charge is -2.47. The maximum Gasteiger partial charge on any atom is 0.0659 e. The molecule has 0 bridgehead atoms. The van der Waals surface area contributed by atoms with Gasteiger partial charge in [0.1, 0.15) is 0 Å². The Morgan fingerprint density at radius 2 is 1.92 bits per heavy atom. The minimum atomic E-state index is 0.206. The van der Waals surface area contributed by atoms with Gasteiger partial charge in [-0.2, -0.15) is 0 Å². The summed E-state index contributed by atoms with van der Waals surface area (Å²) in [6.45, 7) is 14.6. The van der Waals surface area contributed by atoms with E-state index in [9.17, 15) is 0 Å². The lowest BCUT2D eigenvalue weighted by molar-refractivity contribution is 0.381. The fourth-order valence-corrected chi connectivity index (χ4v) is 4.77. The van der Waals surface area contributed by atoms with Gasteiger partial charge in [0.25, 0.3) is 0 Å². The Kier molecular flexibility index (Phi) is 5.30. The van der Waals surface area contributed by atoms with Gasteiger partial charge in [0.2, 0.25) is 0 Å². The Morgan fingerprint density at radius 1 is 1.19 bits per heavy atom. The average Bonchev–Trinajstić information content (AvgIpc) is 2.54. The van der Waals surface area contributed by atoms with E-state index in [4.69, 9.17) is 4.99 Å². The molecule has 1 unspecified atom stereocenters. The molecule has 2 aromatic rings. The Morgan fingerprint density at radius 3 is 2.58 bits per heavy atom. The minimum Gasteiger partial charge on any atom is -0.366 e. The third-order valence-electron chi connectivity index (χ3n) is 5.59. The number of halogens is 1. The number of nitrogens with zero attached hydrogens (tertiary/aromatic N) is 2. The summed E-state index contributed by atoms with van der Waals surface area (Å²) in [4.78, 5) is 7.31. The van der Waals surface area contributed by atoms with Gasteiger partial charge in [-0.3, -0.25) is 4.99 Å². The van der Waals surface area contributed by atoms with Gasteiger partial charge in [-0.15, -0.1) is 0 Å². The van der Waals surface area contributed by atoms with Gasteiger partial charge in [-0.25, -0.2) is 0 Å². The standard InChI is InChI=1S/C23H29BrN2/c1-7-26-22-11-15(2)18(12-20(22)17(4)13-23(26,5)6)14-25-21-9-8-19(24)10-16(21)3/h8-12,14,17H,7,13H2,1-6H3. The first-order chi connectivity index (χ1) is 12.2. The van der Waals surface area contributed by atoms with Gasteiger partial charge in [0.15, 0.2) is 0 Å². The highest BCUT2D eigenvalue weighted by Crippen LogP contribution is 2.44. The van der Waals surface area contributed by atoms with Crippen molar-refractivity contribution < 1.29 is 0 Å². The second-order valence-electron chi connectivity index (χ2n) is 8.12. The van der Waals surface area contributed by atoms with E-state index in [1.807, 2.05) is 12.3 Å². The van der Waals surface area contributed by atoms with E-state index in [1.54, 1.807) is 0 Å². The molecule has 1 heterocycles. The summed E-state index contributed by atoms with van der Waals surface area (Å²) in [6, 6.07) is 10.9. The van der Waals surface area contributed by atoms with Crippen molar-refractivity contribution in [2.24, 2.45) is 4.99 Å². The van der Waals surface area contributed by atoms with Crippen molar-refractivity contribution in [1.29, 1.82) is 0 Å². The summed E-state index contributed by atoms with van der Waals surface area (Å²) in [5, 5.41) is 0. The molecule has 2 nitrogen and oxygen atoms in total. The number of rotatable bonds is 3. The van der Waals surface area contributed by atoms with Crippen molar-refractivity contribution in [3.8, 4) is 0 Å². The Labute approximate surface area is 166 Å². The molecule has 1 atom stereocenters. The molecule has 3 heteroatoms. The van der Waals surface area contributed by atoms with Crippen LogP contribution in [0.4, 0.5) is 11.4 Å². The number of anilines is 1. The summed E-state index contributed by atoms with van der Waals surface area (Å²) < 4.78 is 1.09. The molecular weight excluding hydrogens is 384 g/mol. The van der Waals surface area contributed by atoms with Crippen LogP contribution in [0.15, 0.2) is 39.8 Å². The number of fused-ring (bicyclic) bond motifs is 1. The van der Waals surface area contributed by atoms with E-state index >= 15 is 0 Å². The molecule has 0 spiro atoms. The van der Waals surface area contributed by atoms with Gasteiger partial charge >= 0.3 is 0 Å². The van der Waals surface area contributed by atoms with Gasteiger partial charge in [0, 0.05) is 28.5 Å². The molecule has 0 radical (unpaired) electrons. The molecule has 0 N–H and O–H groups in total. The zero-order chi connectivity index (χ0) is 19.1. The first kappa shape index (κ1) is 19.2. The number of aliphatic imine (C=N–C) groups is 1. The molecule has 0 aromatic heterocycles. The van der Waals surface area contributed by atoms with Crippen molar-refractivity contribution in [3.63, 3.8) is 0 Å². The molecule has 0 fully saturated rings. The molecule has 0 aliphatic carbocycles. The average molecular weight is 413 g/mol. The normalized spacial score (nSPS) is 19.0. The van der Waals surface area contributed by atoms with E-state index < -0.39 is 0 Å². The number of aryl methyl sites for hydroxylation is 2. The van der Waals surface area contributed by atoms with Gasteiger partial charge in [0.05, 0.1) is 5.69 Å². The van der Waals surface area contributed by atoms with E-state index in [1.165, 1.54) is 34.4 Å². The maximum absolute atomic E-state index is 4.76. The second kappa shape index (κ2) is 7.19. The highest BCUT2D eigenvalue weighted by Gasteiger charge is 2.35. The molecule has 26 heavy (non-hydrogen) atoms. The lowest BCUT2D eigenvalue weighted by Crippen LogP contribution is -2.48. The molecule has 1 aliphatic rings. The molecule has 2 aromatic carbocycles. The predicted octanol–water partition coefficient (Wildman–Crippen LogP) is 6.93. The van der Waals surface area contributed by atoms with Crippen molar-refractivity contribution >= 4 is 33.5 Å². The second-order valence-corrected chi connectivity index (χ2v) is 9.03. The fraction of sp³-hybridized carbons (Fsp3) is 0.435. The van der Waals surface area contributed by atoms with Crippen LogP contribution in [-0.4, -0.2) is 18.3 Å². The van der Waals surface area contributed by atoms with Gasteiger partial charge < -0.3 is 4.90 Å². The zero-order valence-electron chi connectivity index (χ0n) is 16.7. The molecule has 138 valence electrons. The van der Waals surface area contributed by atoms with Crippen LogP contribution in [0.1, 0.15) is 62.3 Å². The van der Waals surface area contributed by atoms with Crippen LogP contribution in [0.5, 0.6) is 0 Å². The highest BCUT2D eigenvalue weighted by atomic mass is 79.9. The summed E-state index contributed by atoms with van der Waals surface area (Å²) in [5.41, 5.74) is 7.75. The van der Waals surface area contributed by atoms with Crippen LogP contribution < -0.4 is 4.90 Å². The monoisotopic (exact) mass is 412 g/mol. The van der Waals surface area contributed by atoms with Gasteiger partial charge in [-0.05, 0) is 99.5 Å². The molecule has 0 saturated heterocycles. The number of benzene rings is 2. The largest absolute Gasteiger partial charge is 0.366 e. The minimum absolute atomic E-state index is 0.206. The van der Waals surface area contributed by atoms with E-state index in [0.29, 0.717) is 5.92 Å². The molecule has 1 aliphatic heterocycles. The van der Waals surface area contributed by atoms with E-state index in [-0.39, 0.29) is 5.54 Å². The first-order valence-corrected chi connectivity index (χ1v) is 10.2. The number of hydrogen-bond donors (Lipinski definition) is 0. The van der Waals surface area contributed by atoms with Crippen LogP contribution in [0, 0.1) is 13.8 Å². The Balaban J connectivity index is 2.01. The van der Waals surface area contributed by atoms with Crippen molar-refractivity contribution in [1.82, 2.24) is 0 Å². The number of hydrogen-bond acceptors (Lipinski definition) is 2. The maximum atomic E-state index is 4.76. The Bertz CT molecular complexity index is 852. The summed E-state index contributed by atoms with van der Waals surface area (Å²) in [6.07, 6.45) is 3.20. The Hall–Kier alpha value is -1.61. The smallest absolute Gasteiger partial charge is 0.0659 e. The topological polar surface area (TPSA) is 15.6 Å². The summed E-state index contributed by atoms with van der Waals surface area (Å²) in [5.74, 6) is 0.560. The SMILES string of the molecule is CCN1c2cc(C)c(C=Nc3ccc(Br)cc3C)cc2C(C)CC1(C)C. The molecule has 0 amide bonds. The van der Waals surface area contributed by atoms with Crippen molar-refractivity contribution in [3.05, 3.63) is 57.1 Å². The van der Waals surface area contributed by atoms with E-state index in [0.717, 1.165) is 16.7 Å². The van der Waals surface area contributed by atoms with Crippen molar-refractivity contribution in [2.45, 2.75) is 59.4 Å².